The molecule has 0 amide bonds. The first kappa shape index (κ1) is 23.7. The van der Waals surface area contributed by atoms with Crippen molar-refractivity contribution in [3.05, 3.63) is 107 Å². The first-order valence-corrected chi connectivity index (χ1v) is 9.83. The van der Waals surface area contributed by atoms with Crippen molar-refractivity contribution in [3.8, 4) is 11.1 Å². The molecule has 0 unspecified atom stereocenters. The lowest BCUT2D eigenvalue weighted by atomic mass is 10.0. The summed E-state index contributed by atoms with van der Waals surface area (Å²) in [5.74, 6) is -3.93. The van der Waals surface area contributed by atoms with Crippen molar-refractivity contribution in [2.24, 2.45) is 0 Å². The van der Waals surface area contributed by atoms with E-state index in [0.717, 1.165) is 11.1 Å². The molecular formula is C26H18O8. The van der Waals surface area contributed by atoms with E-state index in [1.807, 2.05) is 0 Å². The zero-order valence-electron chi connectivity index (χ0n) is 17.5. The zero-order valence-corrected chi connectivity index (χ0v) is 17.5. The predicted molar refractivity (Wildman–Crippen MR) is 124 cm³/mol. The minimum atomic E-state index is -0.996. The third-order valence-electron chi connectivity index (χ3n) is 4.93. The van der Waals surface area contributed by atoms with Crippen LogP contribution in [0.5, 0.6) is 0 Å². The molecule has 0 radical (unpaired) electrons. The van der Waals surface area contributed by atoms with E-state index in [-0.39, 0.29) is 22.3 Å². The number of hydrogen-bond donors (Lipinski definition) is 4. The molecule has 0 atom stereocenters. The molecule has 0 aliphatic carbocycles. The third kappa shape index (κ3) is 5.63. The SMILES string of the molecule is O=C(O)c1ccc(-c2ccc(C(=O)O)cc2)cc1.O=C(O)c1ccc2cc(C(=O)O)ccc2c1. The van der Waals surface area contributed by atoms with Gasteiger partial charge in [0.15, 0.2) is 0 Å². The summed E-state index contributed by atoms with van der Waals surface area (Å²) in [6.45, 7) is 0. The molecule has 0 saturated carbocycles. The van der Waals surface area contributed by atoms with Gasteiger partial charge in [0.1, 0.15) is 0 Å². The van der Waals surface area contributed by atoms with Gasteiger partial charge in [-0.3, -0.25) is 0 Å². The Bertz CT molecular complexity index is 1280. The Hall–Kier alpha value is -4.98. The highest BCUT2D eigenvalue weighted by Gasteiger charge is 2.07. The van der Waals surface area contributed by atoms with Gasteiger partial charge in [-0.25, -0.2) is 19.2 Å². The van der Waals surface area contributed by atoms with E-state index >= 15 is 0 Å². The van der Waals surface area contributed by atoms with Crippen molar-refractivity contribution in [2.75, 3.05) is 0 Å². The van der Waals surface area contributed by atoms with Crippen LogP contribution in [-0.4, -0.2) is 44.3 Å². The zero-order chi connectivity index (χ0) is 24.8. The first-order chi connectivity index (χ1) is 16.2. The number of hydrogen-bond acceptors (Lipinski definition) is 4. The molecule has 0 saturated heterocycles. The summed E-state index contributed by atoms with van der Waals surface area (Å²) in [4.78, 5) is 42.9. The average Bonchev–Trinajstić information content (AvgIpc) is 2.83. The van der Waals surface area contributed by atoms with E-state index in [0.29, 0.717) is 10.8 Å². The second kappa shape index (κ2) is 10.1. The molecule has 0 heterocycles. The van der Waals surface area contributed by atoms with Gasteiger partial charge in [-0.1, -0.05) is 36.4 Å². The molecular weight excluding hydrogens is 440 g/mol. The summed E-state index contributed by atoms with van der Waals surface area (Å²) < 4.78 is 0. The smallest absolute Gasteiger partial charge is 0.335 e. The van der Waals surface area contributed by atoms with Crippen LogP contribution in [0.4, 0.5) is 0 Å². The molecule has 34 heavy (non-hydrogen) atoms. The van der Waals surface area contributed by atoms with Crippen LogP contribution in [0.3, 0.4) is 0 Å². The minimum absolute atomic E-state index is 0.190. The summed E-state index contributed by atoms with van der Waals surface area (Å²) in [7, 11) is 0. The van der Waals surface area contributed by atoms with Crippen molar-refractivity contribution in [1.29, 1.82) is 0 Å². The van der Waals surface area contributed by atoms with Gasteiger partial charge >= 0.3 is 23.9 Å². The fourth-order valence-corrected chi connectivity index (χ4v) is 3.12. The van der Waals surface area contributed by atoms with Gasteiger partial charge in [-0.2, -0.15) is 0 Å². The molecule has 0 fully saturated rings. The van der Waals surface area contributed by atoms with Crippen molar-refractivity contribution in [2.45, 2.75) is 0 Å². The third-order valence-corrected chi connectivity index (χ3v) is 4.93. The number of carboxylic acid groups (broad SMARTS) is 4. The van der Waals surface area contributed by atoms with E-state index in [1.165, 1.54) is 48.5 Å². The monoisotopic (exact) mass is 458 g/mol. The summed E-state index contributed by atoms with van der Waals surface area (Å²) in [6, 6.07) is 22.0. The van der Waals surface area contributed by atoms with Crippen molar-refractivity contribution < 1.29 is 39.6 Å². The molecule has 4 aromatic carbocycles. The minimum Gasteiger partial charge on any atom is -0.478 e. The highest BCUT2D eigenvalue weighted by atomic mass is 16.4. The van der Waals surface area contributed by atoms with E-state index in [9.17, 15) is 19.2 Å². The Balaban J connectivity index is 0.000000192. The van der Waals surface area contributed by atoms with Crippen LogP contribution in [-0.2, 0) is 0 Å². The van der Waals surface area contributed by atoms with Crippen molar-refractivity contribution in [1.82, 2.24) is 0 Å². The molecule has 0 aromatic heterocycles. The van der Waals surface area contributed by atoms with Gasteiger partial charge in [-0.15, -0.1) is 0 Å². The molecule has 8 nitrogen and oxygen atoms in total. The Labute approximate surface area is 193 Å². The molecule has 0 spiro atoms. The number of aromatic carboxylic acids is 4. The molecule has 4 N–H and O–H groups in total. The molecule has 4 aromatic rings. The predicted octanol–water partition coefficient (Wildman–Crippen LogP) is 4.99. The van der Waals surface area contributed by atoms with Crippen molar-refractivity contribution >= 4 is 34.6 Å². The molecule has 8 heteroatoms. The quantitative estimate of drug-likeness (QED) is 0.327. The fourth-order valence-electron chi connectivity index (χ4n) is 3.12. The normalized spacial score (nSPS) is 10.1. The standard InChI is InChI=1S/C14H10O4.C12H8O4/c15-13(16)11-5-1-9(2-6-11)10-3-7-12(8-4-10)14(17)18;13-11(14)9-3-1-7-5-10(12(15)16)4-2-8(7)6-9/h1-8H,(H,15,16)(H,17,18);1-6H,(H,13,14)(H,15,16). The number of rotatable bonds is 5. The largest absolute Gasteiger partial charge is 0.478 e. The van der Waals surface area contributed by atoms with E-state index < -0.39 is 23.9 Å². The summed E-state index contributed by atoms with van der Waals surface area (Å²) in [6.07, 6.45) is 0. The van der Waals surface area contributed by atoms with Gasteiger partial charge in [0.05, 0.1) is 22.3 Å². The van der Waals surface area contributed by atoms with Gasteiger partial charge in [-0.05, 0) is 70.4 Å². The Morgan fingerprint density at radius 2 is 0.647 bits per heavy atom. The summed E-state index contributed by atoms with van der Waals surface area (Å²) in [5, 5.41) is 36.6. The van der Waals surface area contributed by atoms with Gasteiger partial charge < -0.3 is 20.4 Å². The topological polar surface area (TPSA) is 149 Å². The highest BCUT2D eigenvalue weighted by Crippen LogP contribution is 2.21. The molecule has 0 bridgehead atoms. The molecule has 0 aliphatic heterocycles. The number of benzene rings is 4. The average molecular weight is 458 g/mol. The lowest BCUT2D eigenvalue weighted by Gasteiger charge is -2.03. The van der Waals surface area contributed by atoms with Crippen LogP contribution in [0, 0.1) is 0 Å². The van der Waals surface area contributed by atoms with E-state index in [2.05, 4.69) is 0 Å². The number of carbonyl (C=O) groups is 4. The lowest BCUT2D eigenvalue weighted by Crippen LogP contribution is -1.97. The number of fused-ring (bicyclic) bond motifs is 1. The Morgan fingerprint density at radius 1 is 0.382 bits per heavy atom. The molecule has 0 aliphatic rings. The molecule has 4 rings (SSSR count). The fraction of sp³-hybridized carbons (Fsp3) is 0. The highest BCUT2D eigenvalue weighted by molar-refractivity contribution is 5.98. The Morgan fingerprint density at radius 3 is 0.912 bits per heavy atom. The second-order valence-corrected chi connectivity index (χ2v) is 7.15. The number of carboxylic acids is 4. The maximum Gasteiger partial charge on any atom is 0.335 e. The van der Waals surface area contributed by atoms with Crippen LogP contribution < -0.4 is 0 Å². The second-order valence-electron chi connectivity index (χ2n) is 7.15. The Kier molecular flexibility index (Phi) is 7.03. The van der Waals surface area contributed by atoms with Crippen LogP contribution in [0.15, 0.2) is 84.9 Å². The van der Waals surface area contributed by atoms with Crippen LogP contribution in [0.25, 0.3) is 21.9 Å². The van der Waals surface area contributed by atoms with Gasteiger partial charge in [0.25, 0.3) is 0 Å². The van der Waals surface area contributed by atoms with Gasteiger partial charge in [0, 0.05) is 0 Å². The lowest BCUT2D eigenvalue weighted by molar-refractivity contribution is 0.0686. The van der Waals surface area contributed by atoms with Gasteiger partial charge in [0.2, 0.25) is 0 Å². The first-order valence-electron chi connectivity index (χ1n) is 9.83. The molecule has 170 valence electrons. The van der Waals surface area contributed by atoms with Crippen LogP contribution >= 0.6 is 0 Å². The van der Waals surface area contributed by atoms with Crippen LogP contribution in [0.2, 0.25) is 0 Å². The maximum absolute atomic E-state index is 10.7. The van der Waals surface area contributed by atoms with E-state index in [4.69, 9.17) is 20.4 Å². The summed E-state index contributed by atoms with van der Waals surface area (Å²) >= 11 is 0. The van der Waals surface area contributed by atoms with E-state index in [1.54, 1.807) is 36.4 Å². The van der Waals surface area contributed by atoms with Crippen molar-refractivity contribution in [3.63, 3.8) is 0 Å². The maximum atomic E-state index is 10.7. The van der Waals surface area contributed by atoms with Crippen LogP contribution in [0.1, 0.15) is 41.4 Å². The summed E-state index contributed by atoms with van der Waals surface area (Å²) in [5.41, 5.74) is 2.52.